The van der Waals surface area contributed by atoms with Crippen LogP contribution in [0.3, 0.4) is 0 Å². The van der Waals surface area contributed by atoms with Gasteiger partial charge in [-0.25, -0.2) is 0 Å². The van der Waals surface area contributed by atoms with Crippen LogP contribution in [-0.4, -0.2) is 28.2 Å². The van der Waals surface area contributed by atoms with Gasteiger partial charge in [-0.05, 0) is 52.4 Å². The van der Waals surface area contributed by atoms with Crippen LogP contribution in [0.5, 0.6) is 0 Å². The summed E-state index contributed by atoms with van der Waals surface area (Å²) >= 11 is 0.0467. The van der Waals surface area contributed by atoms with Gasteiger partial charge in [-0.15, -0.1) is 23.8 Å². The molecule has 46 heavy (non-hydrogen) atoms. The number of thiophene rings is 1. The molecule has 6 heteroatoms. The van der Waals surface area contributed by atoms with E-state index in [9.17, 15) is 0 Å². The maximum Gasteiger partial charge on any atom is 0 e. The van der Waals surface area contributed by atoms with E-state index in [-0.39, 0.29) is 20.1 Å². The van der Waals surface area contributed by atoms with Crippen LogP contribution in [0.2, 0.25) is 17.3 Å². The molecular formula is C40H37GeIrN3S-2. The molecule has 4 heterocycles. The molecule has 0 N–H and O–H groups in total. The van der Waals surface area contributed by atoms with Gasteiger partial charge in [0, 0.05) is 44.1 Å². The molecule has 1 radical (unpaired) electrons. The largest absolute Gasteiger partial charge is 0 e. The van der Waals surface area contributed by atoms with Crippen LogP contribution in [-0.2, 0) is 20.1 Å². The Kier molecular flexibility index (Phi) is 10.2. The van der Waals surface area contributed by atoms with Crippen molar-refractivity contribution < 1.29 is 21.5 Å². The molecule has 0 bridgehead atoms. The molecular weight excluding hydrogens is 819 g/mol. The molecule has 7 aromatic rings. The van der Waals surface area contributed by atoms with E-state index >= 15 is 0 Å². The Balaban J connectivity index is 0.000000217. The van der Waals surface area contributed by atoms with E-state index in [2.05, 4.69) is 99.8 Å². The van der Waals surface area contributed by atoms with Crippen molar-refractivity contribution in [1.29, 1.82) is 0 Å². The topological polar surface area (TPSA) is 38.7 Å². The second-order valence-electron chi connectivity index (χ2n) is 12.5. The SMILES string of the molecule is [2H]C(C)(C)c1ccnc(-c2[c-]ccc3c2sc2cc(-c4ccc(C)cn4)ccc23)c1.[CH3][Ge]([CH3])([CH3])[c]1ccc(-c2[c-]cccc2)nc1.[Ir]. The standard InChI is InChI=1S/C26H21N2S.C14H16GeN.Ir/c1-16(2)18-11-12-27-24(13-18)22-6-4-5-21-20-9-8-19(14-25(20)29-26(21)22)23-10-7-17(3)15-28-23;1-15(2,3)13-9-10-14(16-11-13)12-7-5-4-6-8-12;/h4-5,7-16H,1-3H3;4-7,9-11H,1-3H3;/q2*-1;/i16D;;. The Morgan fingerprint density at radius 3 is 2.24 bits per heavy atom. The van der Waals surface area contributed by atoms with Gasteiger partial charge >= 0.3 is 99.8 Å². The van der Waals surface area contributed by atoms with Crippen LogP contribution in [0.1, 0.15) is 32.2 Å². The fraction of sp³-hybridized carbons (Fsp3) is 0.175. The quantitative estimate of drug-likeness (QED) is 0.128. The van der Waals surface area contributed by atoms with Gasteiger partial charge in [0.2, 0.25) is 0 Å². The minimum atomic E-state index is -1.72. The molecule has 0 aliphatic heterocycles. The maximum atomic E-state index is 8.36. The first-order valence-electron chi connectivity index (χ1n) is 15.7. The predicted molar refractivity (Wildman–Crippen MR) is 195 cm³/mol. The van der Waals surface area contributed by atoms with E-state index in [0.29, 0.717) is 0 Å². The zero-order chi connectivity index (χ0) is 32.5. The summed E-state index contributed by atoms with van der Waals surface area (Å²) in [6, 6.07) is 37.6. The van der Waals surface area contributed by atoms with E-state index < -0.39 is 19.2 Å². The Labute approximate surface area is 294 Å². The molecule has 0 fully saturated rings. The summed E-state index contributed by atoms with van der Waals surface area (Å²) in [6.07, 6.45) is 5.74. The third-order valence-corrected chi connectivity index (χ3v) is 13.3. The van der Waals surface area contributed by atoms with Crippen LogP contribution in [0, 0.1) is 19.1 Å². The van der Waals surface area contributed by atoms with Gasteiger partial charge in [0.1, 0.15) is 0 Å². The number of benzene rings is 3. The summed E-state index contributed by atoms with van der Waals surface area (Å²) in [5, 5.41) is 2.45. The smallest absolute Gasteiger partial charge is 0 e. The molecule has 0 aliphatic rings. The summed E-state index contributed by atoms with van der Waals surface area (Å²) in [4.78, 5) is 13.7. The maximum absolute atomic E-state index is 8.36. The van der Waals surface area contributed by atoms with Crippen LogP contribution in [0.15, 0.2) is 110 Å². The molecule has 233 valence electrons. The summed E-state index contributed by atoms with van der Waals surface area (Å²) in [6.45, 7) is 5.85. The van der Waals surface area contributed by atoms with E-state index in [4.69, 9.17) is 1.37 Å². The number of aryl methyl sites for hydroxylation is 1. The van der Waals surface area contributed by atoms with Gasteiger partial charge in [0.25, 0.3) is 0 Å². The number of fused-ring (bicyclic) bond motifs is 3. The zero-order valence-electron chi connectivity index (χ0n) is 28.0. The van der Waals surface area contributed by atoms with Gasteiger partial charge in [-0.3, -0.25) is 4.98 Å². The van der Waals surface area contributed by atoms with Crippen molar-refractivity contribution in [3.63, 3.8) is 0 Å². The fourth-order valence-corrected chi connectivity index (χ4v) is 8.58. The molecule has 0 aliphatic carbocycles. The monoisotopic (exact) mass is 859 g/mol. The van der Waals surface area contributed by atoms with Crippen LogP contribution >= 0.6 is 11.3 Å². The molecule has 0 unspecified atom stereocenters. The van der Waals surface area contributed by atoms with Crippen LogP contribution < -0.4 is 4.40 Å². The fourth-order valence-electron chi connectivity index (χ4n) is 5.16. The second kappa shape index (κ2) is 14.5. The number of aromatic nitrogens is 3. The van der Waals surface area contributed by atoms with E-state index in [1.54, 1.807) is 17.5 Å². The average molecular weight is 858 g/mol. The molecule has 0 saturated carbocycles. The Bertz CT molecular complexity index is 2120. The van der Waals surface area contributed by atoms with Gasteiger partial charge < -0.3 is 4.98 Å². The molecule has 3 nitrogen and oxygen atoms in total. The van der Waals surface area contributed by atoms with E-state index in [0.717, 1.165) is 44.9 Å². The Morgan fingerprint density at radius 2 is 1.57 bits per heavy atom. The summed E-state index contributed by atoms with van der Waals surface area (Å²) in [7, 11) is 0. The van der Waals surface area contributed by atoms with Crippen molar-refractivity contribution in [3.05, 3.63) is 133 Å². The first kappa shape index (κ1) is 32.5. The van der Waals surface area contributed by atoms with Gasteiger partial charge in [0.15, 0.2) is 0 Å². The van der Waals surface area contributed by atoms with Crippen LogP contribution in [0.25, 0.3) is 53.9 Å². The molecule has 0 atom stereocenters. The van der Waals surface area contributed by atoms with Crippen molar-refractivity contribution >= 4 is 49.2 Å². The summed E-state index contributed by atoms with van der Waals surface area (Å²) < 4.78 is 12.2. The first-order chi connectivity index (χ1) is 22.0. The normalized spacial score (nSPS) is 11.8. The van der Waals surface area contributed by atoms with Gasteiger partial charge in [0.05, 0.1) is 5.69 Å². The molecule has 3 aromatic carbocycles. The van der Waals surface area contributed by atoms with Crippen molar-refractivity contribution in [2.45, 2.75) is 43.9 Å². The Morgan fingerprint density at radius 1 is 0.761 bits per heavy atom. The molecule has 0 saturated heterocycles. The minimum Gasteiger partial charge on any atom is 0 e. The number of hydrogen-bond donors (Lipinski definition) is 0. The van der Waals surface area contributed by atoms with Crippen LogP contribution in [0.4, 0.5) is 0 Å². The third-order valence-electron chi connectivity index (χ3n) is 7.85. The second-order valence-corrected chi connectivity index (χ2v) is 24.2. The van der Waals surface area contributed by atoms with E-state index in [1.165, 1.54) is 24.6 Å². The van der Waals surface area contributed by atoms with Crippen molar-refractivity contribution in [1.82, 2.24) is 15.0 Å². The van der Waals surface area contributed by atoms with Crippen molar-refractivity contribution in [2.75, 3.05) is 0 Å². The van der Waals surface area contributed by atoms with Gasteiger partial charge in [-0.1, -0.05) is 49.1 Å². The van der Waals surface area contributed by atoms with Crippen molar-refractivity contribution in [2.24, 2.45) is 0 Å². The molecule has 0 spiro atoms. The zero-order valence-corrected chi connectivity index (χ0v) is 32.3. The molecule has 0 amide bonds. The van der Waals surface area contributed by atoms with E-state index in [1.807, 2.05) is 68.7 Å². The van der Waals surface area contributed by atoms with Crippen molar-refractivity contribution in [3.8, 4) is 33.8 Å². The number of pyridine rings is 3. The Hall–Kier alpha value is -3.48. The molecule has 4 aromatic heterocycles. The minimum absolute atomic E-state index is 0. The summed E-state index contributed by atoms with van der Waals surface area (Å²) in [5.74, 6) is 6.48. The first-order valence-corrected chi connectivity index (χ1v) is 23.3. The number of rotatable bonds is 5. The number of hydrogen-bond acceptors (Lipinski definition) is 4. The molecule has 7 rings (SSSR count). The average Bonchev–Trinajstić information content (AvgIpc) is 3.43. The summed E-state index contributed by atoms with van der Waals surface area (Å²) in [5.41, 5.74) is 8.15. The number of nitrogens with zero attached hydrogens (tertiary/aromatic N) is 3. The van der Waals surface area contributed by atoms with Gasteiger partial charge in [-0.2, -0.15) is 11.3 Å². The third kappa shape index (κ3) is 7.56. The predicted octanol–water partition coefficient (Wildman–Crippen LogP) is 10.5.